The van der Waals surface area contributed by atoms with Crippen LogP contribution >= 0.6 is 0 Å². The van der Waals surface area contributed by atoms with Crippen LogP contribution in [0.5, 0.6) is 0 Å². The van der Waals surface area contributed by atoms with Gasteiger partial charge < -0.3 is 15.4 Å². The van der Waals surface area contributed by atoms with E-state index in [4.69, 9.17) is 4.74 Å². The van der Waals surface area contributed by atoms with E-state index in [9.17, 15) is 19.2 Å². The Morgan fingerprint density at radius 1 is 1.24 bits per heavy atom. The molecule has 3 aliphatic rings. The van der Waals surface area contributed by atoms with Crippen LogP contribution in [-0.2, 0) is 25.5 Å². The minimum absolute atomic E-state index is 0.101. The number of nitrogens with one attached hydrogen (secondary N) is 2. The Bertz CT molecular complexity index is 866. The lowest BCUT2D eigenvalue weighted by molar-refractivity contribution is -0.151. The topological polar surface area (TPSA) is 105 Å². The number of fused-ring (bicyclic) bond motifs is 1. The summed E-state index contributed by atoms with van der Waals surface area (Å²) >= 11 is 0. The number of esters is 1. The van der Waals surface area contributed by atoms with Crippen molar-refractivity contribution in [3.63, 3.8) is 0 Å². The second-order valence-corrected chi connectivity index (χ2v) is 8.17. The molecule has 1 saturated heterocycles. The highest BCUT2D eigenvalue weighted by Gasteiger charge is 2.56. The molecule has 0 bridgehead atoms. The maximum Gasteiger partial charge on any atom is 0.326 e. The third-order valence-electron chi connectivity index (χ3n) is 6.05. The molecule has 2 atom stereocenters. The SMILES string of the molecule is C[C@]1(C2CC2)NC(=O)N(CC(=O)OCC(=O)N[C@H]2CCCc3ccccc32)C1=O. The molecule has 8 nitrogen and oxygen atoms in total. The molecule has 29 heavy (non-hydrogen) atoms. The van der Waals surface area contributed by atoms with Gasteiger partial charge in [-0.3, -0.25) is 19.3 Å². The quantitative estimate of drug-likeness (QED) is 0.556. The van der Waals surface area contributed by atoms with Gasteiger partial charge in [-0.15, -0.1) is 0 Å². The Morgan fingerprint density at radius 3 is 2.76 bits per heavy atom. The first-order valence-corrected chi connectivity index (χ1v) is 10.1. The van der Waals surface area contributed by atoms with Gasteiger partial charge in [0.05, 0.1) is 6.04 Å². The van der Waals surface area contributed by atoms with E-state index >= 15 is 0 Å². The van der Waals surface area contributed by atoms with Gasteiger partial charge in [0, 0.05) is 0 Å². The number of amides is 4. The summed E-state index contributed by atoms with van der Waals surface area (Å²) in [6, 6.07) is 7.29. The third kappa shape index (κ3) is 3.83. The Balaban J connectivity index is 1.27. The summed E-state index contributed by atoms with van der Waals surface area (Å²) in [6.45, 7) is 0.749. The summed E-state index contributed by atoms with van der Waals surface area (Å²) in [4.78, 5) is 49.8. The molecule has 2 aliphatic carbocycles. The highest BCUT2D eigenvalue weighted by atomic mass is 16.5. The summed E-state index contributed by atoms with van der Waals surface area (Å²) in [5.41, 5.74) is 1.37. The zero-order valence-electron chi connectivity index (χ0n) is 16.4. The van der Waals surface area contributed by atoms with Crippen LogP contribution < -0.4 is 10.6 Å². The lowest BCUT2D eigenvalue weighted by Crippen LogP contribution is -2.46. The number of carbonyl (C=O) groups is 4. The first-order valence-electron chi connectivity index (χ1n) is 10.1. The summed E-state index contributed by atoms with van der Waals surface area (Å²) < 4.78 is 5.01. The first kappa shape index (κ1) is 19.4. The first-order chi connectivity index (χ1) is 13.9. The molecular formula is C21H25N3O5. The molecule has 1 aliphatic heterocycles. The van der Waals surface area contributed by atoms with E-state index in [1.54, 1.807) is 6.92 Å². The fourth-order valence-corrected chi connectivity index (χ4v) is 4.26. The van der Waals surface area contributed by atoms with Crippen molar-refractivity contribution in [3.8, 4) is 0 Å². The third-order valence-corrected chi connectivity index (χ3v) is 6.05. The van der Waals surface area contributed by atoms with Crippen molar-refractivity contribution in [3.05, 3.63) is 35.4 Å². The van der Waals surface area contributed by atoms with Gasteiger partial charge in [0.1, 0.15) is 12.1 Å². The molecular weight excluding hydrogens is 374 g/mol. The number of hydrogen-bond acceptors (Lipinski definition) is 5. The van der Waals surface area contributed by atoms with Gasteiger partial charge >= 0.3 is 12.0 Å². The van der Waals surface area contributed by atoms with Crippen molar-refractivity contribution in [2.45, 2.75) is 50.6 Å². The Morgan fingerprint density at radius 2 is 2.00 bits per heavy atom. The van der Waals surface area contributed by atoms with E-state index < -0.39 is 42.5 Å². The van der Waals surface area contributed by atoms with Gasteiger partial charge in [0.2, 0.25) is 0 Å². The number of hydrogen-bond donors (Lipinski definition) is 2. The van der Waals surface area contributed by atoms with Crippen molar-refractivity contribution in [1.29, 1.82) is 0 Å². The number of ether oxygens (including phenoxy) is 1. The standard InChI is InChI=1S/C21H25N3O5/c1-21(14-9-10-14)19(27)24(20(28)23-21)11-18(26)29-12-17(25)22-16-8-4-6-13-5-2-3-7-15(13)16/h2-3,5,7,14,16H,4,6,8-12H2,1H3,(H,22,25)(H,23,28)/t16-,21+/m0/s1. The van der Waals surface area contributed by atoms with Gasteiger partial charge in [0.15, 0.2) is 6.61 Å². The summed E-state index contributed by atoms with van der Waals surface area (Å²) in [7, 11) is 0. The molecule has 154 valence electrons. The van der Waals surface area contributed by atoms with Crippen LogP contribution in [0.2, 0.25) is 0 Å². The van der Waals surface area contributed by atoms with E-state index in [-0.39, 0.29) is 12.0 Å². The predicted molar refractivity (Wildman–Crippen MR) is 103 cm³/mol. The smallest absolute Gasteiger partial charge is 0.326 e. The van der Waals surface area contributed by atoms with Gasteiger partial charge in [-0.1, -0.05) is 24.3 Å². The average molecular weight is 399 g/mol. The van der Waals surface area contributed by atoms with Crippen LogP contribution in [0.15, 0.2) is 24.3 Å². The van der Waals surface area contributed by atoms with Crippen LogP contribution in [0, 0.1) is 5.92 Å². The summed E-state index contributed by atoms with van der Waals surface area (Å²) in [5.74, 6) is -1.48. The lowest BCUT2D eigenvalue weighted by atomic mass is 9.88. The van der Waals surface area contributed by atoms with Crippen molar-refractivity contribution in [1.82, 2.24) is 15.5 Å². The molecule has 2 fully saturated rings. The molecule has 1 aromatic carbocycles. The van der Waals surface area contributed by atoms with Crippen LogP contribution in [0.1, 0.15) is 49.8 Å². The second kappa shape index (κ2) is 7.50. The fraction of sp³-hybridized carbons (Fsp3) is 0.524. The van der Waals surface area contributed by atoms with E-state index in [1.807, 2.05) is 18.2 Å². The number of urea groups is 1. The normalized spacial score (nSPS) is 26.0. The molecule has 1 aromatic rings. The maximum absolute atomic E-state index is 12.5. The molecule has 0 aromatic heterocycles. The van der Waals surface area contributed by atoms with Crippen molar-refractivity contribution < 1.29 is 23.9 Å². The van der Waals surface area contributed by atoms with Crippen molar-refractivity contribution in [2.75, 3.05) is 13.2 Å². The molecule has 1 heterocycles. The molecule has 1 saturated carbocycles. The Hall–Kier alpha value is -2.90. The zero-order valence-corrected chi connectivity index (χ0v) is 16.4. The van der Waals surface area contributed by atoms with E-state index in [0.717, 1.165) is 42.6 Å². The summed E-state index contributed by atoms with van der Waals surface area (Å²) in [6.07, 6.45) is 4.56. The predicted octanol–water partition coefficient (Wildman–Crippen LogP) is 1.44. The number of nitrogens with zero attached hydrogens (tertiary/aromatic N) is 1. The van der Waals surface area contributed by atoms with E-state index in [1.165, 1.54) is 5.56 Å². The van der Waals surface area contributed by atoms with Gasteiger partial charge in [-0.2, -0.15) is 0 Å². The highest BCUT2D eigenvalue weighted by molar-refractivity contribution is 6.08. The zero-order chi connectivity index (χ0) is 20.6. The molecule has 0 spiro atoms. The highest BCUT2D eigenvalue weighted by Crippen LogP contribution is 2.42. The van der Waals surface area contributed by atoms with Crippen LogP contribution in [0.3, 0.4) is 0 Å². The fourth-order valence-electron chi connectivity index (χ4n) is 4.26. The molecule has 2 N–H and O–H groups in total. The lowest BCUT2D eigenvalue weighted by Gasteiger charge is -2.26. The molecule has 0 unspecified atom stereocenters. The van der Waals surface area contributed by atoms with Gasteiger partial charge in [-0.25, -0.2) is 4.79 Å². The molecule has 8 heteroatoms. The number of imide groups is 1. The second-order valence-electron chi connectivity index (χ2n) is 8.17. The summed E-state index contributed by atoms with van der Waals surface area (Å²) in [5, 5.41) is 5.58. The molecule has 4 rings (SSSR count). The number of aryl methyl sites for hydroxylation is 1. The number of benzene rings is 1. The minimum Gasteiger partial charge on any atom is -0.454 e. The van der Waals surface area contributed by atoms with E-state index in [2.05, 4.69) is 16.7 Å². The van der Waals surface area contributed by atoms with Crippen molar-refractivity contribution >= 4 is 23.8 Å². The Kier molecular flexibility index (Phi) is 5.02. The maximum atomic E-state index is 12.5. The van der Waals surface area contributed by atoms with Crippen LogP contribution in [-0.4, -0.2) is 47.4 Å². The minimum atomic E-state index is -0.941. The van der Waals surface area contributed by atoms with Gasteiger partial charge in [-0.05, 0) is 56.1 Å². The number of rotatable bonds is 6. The van der Waals surface area contributed by atoms with E-state index in [0.29, 0.717) is 0 Å². The van der Waals surface area contributed by atoms with Crippen LogP contribution in [0.4, 0.5) is 4.79 Å². The molecule has 4 amide bonds. The van der Waals surface area contributed by atoms with Crippen LogP contribution in [0.25, 0.3) is 0 Å². The monoisotopic (exact) mass is 399 g/mol. The largest absolute Gasteiger partial charge is 0.454 e. The van der Waals surface area contributed by atoms with Crippen molar-refractivity contribution in [2.24, 2.45) is 5.92 Å². The van der Waals surface area contributed by atoms with Gasteiger partial charge in [0.25, 0.3) is 11.8 Å². The average Bonchev–Trinajstić information content (AvgIpc) is 3.53. The number of carbonyl (C=O) groups excluding carboxylic acids is 4. The Labute approximate surface area is 169 Å². The molecule has 0 radical (unpaired) electrons.